The molecule has 1 aromatic rings. The van der Waals surface area contributed by atoms with Crippen LogP contribution in [0.2, 0.25) is 0 Å². The van der Waals surface area contributed by atoms with E-state index in [2.05, 4.69) is 42.8 Å². The molecule has 0 atom stereocenters. The van der Waals surface area contributed by atoms with Crippen molar-refractivity contribution >= 4 is 5.57 Å². The van der Waals surface area contributed by atoms with Crippen LogP contribution < -0.4 is 5.43 Å². The molecule has 0 aromatic heterocycles. The number of aliphatic hydroxyl groups is 1. The zero-order valence-corrected chi connectivity index (χ0v) is 10.9. The number of aryl methyl sites for hydroxylation is 1. The summed E-state index contributed by atoms with van der Waals surface area (Å²) in [6.45, 7) is 7.73. The first-order valence-corrected chi connectivity index (χ1v) is 6.18. The van der Waals surface area contributed by atoms with Crippen LogP contribution in [0.25, 0.3) is 5.57 Å². The Labute approximate surface area is 104 Å². The molecule has 0 amide bonds. The predicted octanol–water partition coefficient (Wildman–Crippen LogP) is 2.17. The lowest BCUT2D eigenvalue weighted by atomic mass is 10.1. The number of nitrogens with zero attached hydrogens (tertiary/aromatic N) is 1. The van der Waals surface area contributed by atoms with Crippen molar-refractivity contribution in [1.82, 2.24) is 10.4 Å². The van der Waals surface area contributed by atoms with Crippen molar-refractivity contribution in [2.24, 2.45) is 0 Å². The van der Waals surface area contributed by atoms with Gasteiger partial charge in [-0.2, -0.15) is 0 Å². The summed E-state index contributed by atoms with van der Waals surface area (Å²) in [5, 5.41) is 10.7. The number of hydrogen-bond donors (Lipinski definition) is 2. The van der Waals surface area contributed by atoms with Crippen molar-refractivity contribution in [3.05, 3.63) is 41.6 Å². The normalized spacial score (nSPS) is 14.1. The number of benzene rings is 1. The van der Waals surface area contributed by atoms with Crippen molar-refractivity contribution < 1.29 is 5.11 Å². The summed E-state index contributed by atoms with van der Waals surface area (Å²) in [5.74, 6) is 0. The molecule has 17 heavy (non-hydrogen) atoms. The van der Waals surface area contributed by atoms with Crippen LogP contribution in [0.15, 0.2) is 30.5 Å². The minimum atomic E-state index is 0.171. The van der Waals surface area contributed by atoms with E-state index >= 15 is 0 Å². The van der Waals surface area contributed by atoms with Crippen molar-refractivity contribution in [3.63, 3.8) is 0 Å². The molecule has 0 saturated carbocycles. The third kappa shape index (κ3) is 3.88. The molecule has 0 unspecified atom stereocenters. The number of β-amino-alcohol motifs (C(OH)–C–C–N with tert-alkyl or cyclic N) is 1. The van der Waals surface area contributed by atoms with Crippen LogP contribution in [0.5, 0.6) is 0 Å². The fraction of sp³-hybridized carbons (Fsp3) is 0.429. The third-order valence-electron chi connectivity index (χ3n) is 2.55. The van der Waals surface area contributed by atoms with Gasteiger partial charge in [-0.3, -0.25) is 0 Å². The second-order valence-electron chi connectivity index (χ2n) is 3.77. The first-order chi connectivity index (χ1) is 8.29. The van der Waals surface area contributed by atoms with Crippen molar-refractivity contribution in [2.45, 2.75) is 20.8 Å². The van der Waals surface area contributed by atoms with Gasteiger partial charge in [0.2, 0.25) is 0 Å². The SMILES string of the molecule is CC.Cc1ccc(C2=CN(CCO)NC2)cc1. The topological polar surface area (TPSA) is 35.5 Å². The Morgan fingerprint density at radius 1 is 1.24 bits per heavy atom. The molecule has 1 aliphatic heterocycles. The van der Waals surface area contributed by atoms with Crippen molar-refractivity contribution in [2.75, 3.05) is 19.7 Å². The molecular formula is C14H22N2O. The van der Waals surface area contributed by atoms with Crippen LogP contribution in [0.4, 0.5) is 0 Å². The quantitative estimate of drug-likeness (QED) is 0.841. The minimum Gasteiger partial charge on any atom is -0.394 e. The number of aliphatic hydroxyl groups excluding tert-OH is 1. The van der Waals surface area contributed by atoms with Crippen molar-refractivity contribution in [3.8, 4) is 0 Å². The Balaban J connectivity index is 0.000000686. The van der Waals surface area contributed by atoms with Gasteiger partial charge in [0.1, 0.15) is 0 Å². The van der Waals surface area contributed by atoms with Crippen LogP contribution in [-0.2, 0) is 0 Å². The molecule has 3 heteroatoms. The summed E-state index contributed by atoms with van der Waals surface area (Å²) >= 11 is 0. The van der Waals surface area contributed by atoms with Gasteiger partial charge in [-0.1, -0.05) is 43.7 Å². The monoisotopic (exact) mass is 234 g/mol. The van der Waals surface area contributed by atoms with Crippen LogP contribution >= 0.6 is 0 Å². The van der Waals surface area contributed by atoms with Gasteiger partial charge in [-0.05, 0) is 18.1 Å². The van der Waals surface area contributed by atoms with E-state index in [1.807, 2.05) is 18.9 Å². The van der Waals surface area contributed by atoms with E-state index < -0.39 is 0 Å². The lowest BCUT2D eigenvalue weighted by molar-refractivity contribution is 0.210. The van der Waals surface area contributed by atoms with Crippen LogP contribution in [0, 0.1) is 6.92 Å². The van der Waals surface area contributed by atoms with Gasteiger partial charge in [0.25, 0.3) is 0 Å². The highest BCUT2D eigenvalue weighted by Crippen LogP contribution is 2.18. The summed E-state index contributed by atoms with van der Waals surface area (Å²) < 4.78 is 0. The van der Waals surface area contributed by atoms with Crippen LogP contribution in [0.1, 0.15) is 25.0 Å². The first-order valence-electron chi connectivity index (χ1n) is 6.18. The van der Waals surface area contributed by atoms with E-state index in [0.29, 0.717) is 6.54 Å². The molecule has 1 aromatic carbocycles. The zero-order valence-electron chi connectivity index (χ0n) is 10.9. The zero-order chi connectivity index (χ0) is 12.7. The fourth-order valence-corrected chi connectivity index (χ4v) is 1.66. The largest absolute Gasteiger partial charge is 0.394 e. The van der Waals surface area contributed by atoms with Crippen LogP contribution in [-0.4, -0.2) is 29.8 Å². The number of rotatable bonds is 3. The second kappa shape index (κ2) is 7.09. The standard InChI is InChI=1S/C12H16N2O.C2H6/c1-10-2-4-11(5-3-10)12-8-13-14(9-12)6-7-15;1-2/h2-5,9,13,15H,6-8H2,1H3;1-2H3. The number of hydrogen-bond acceptors (Lipinski definition) is 3. The second-order valence-corrected chi connectivity index (χ2v) is 3.77. The molecular weight excluding hydrogens is 212 g/mol. The lowest BCUT2D eigenvalue weighted by Gasteiger charge is -2.12. The summed E-state index contributed by atoms with van der Waals surface area (Å²) in [4.78, 5) is 0. The highest BCUT2D eigenvalue weighted by molar-refractivity contribution is 5.68. The maximum atomic E-state index is 8.81. The van der Waals surface area contributed by atoms with E-state index in [0.717, 1.165) is 6.54 Å². The van der Waals surface area contributed by atoms with Gasteiger partial charge in [-0.25, -0.2) is 5.43 Å². The molecule has 0 aliphatic carbocycles. The molecule has 0 fully saturated rings. The molecule has 0 saturated heterocycles. The molecule has 94 valence electrons. The number of hydrazine groups is 1. The van der Waals surface area contributed by atoms with E-state index in [-0.39, 0.29) is 6.61 Å². The molecule has 3 nitrogen and oxygen atoms in total. The molecule has 0 radical (unpaired) electrons. The maximum Gasteiger partial charge on any atom is 0.0622 e. The summed E-state index contributed by atoms with van der Waals surface area (Å²) in [6.07, 6.45) is 2.06. The molecule has 1 aliphatic rings. The molecule has 0 bridgehead atoms. The lowest BCUT2D eigenvalue weighted by Crippen LogP contribution is -2.31. The summed E-state index contributed by atoms with van der Waals surface area (Å²) in [7, 11) is 0. The van der Waals surface area contributed by atoms with Gasteiger partial charge < -0.3 is 10.1 Å². The van der Waals surface area contributed by atoms with E-state index in [9.17, 15) is 0 Å². The van der Waals surface area contributed by atoms with Gasteiger partial charge in [0.05, 0.1) is 13.2 Å². The Morgan fingerprint density at radius 3 is 2.47 bits per heavy atom. The Hall–Kier alpha value is -1.32. The van der Waals surface area contributed by atoms with Crippen molar-refractivity contribution in [1.29, 1.82) is 0 Å². The van der Waals surface area contributed by atoms with Gasteiger partial charge in [0.15, 0.2) is 0 Å². The van der Waals surface area contributed by atoms with E-state index in [1.165, 1.54) is 16.7 Å². The highest BCUT2D eigenvalue weighted by atomic mass is 16.3. The summed E-state index contributed by atoms with van der Waals surface area (Å²) in [6, 6.07) is 8.49. The maximum absolute atomic E-state index is 8.81. The minimum absolute atomic E-state index is 0.171. The summed E-state index contributed by atoms with van der Waals surface area (Å²) in [5.41, 5.74) is 6.99. The van der Waals surface area contributed by atoms with Gasteiger partial charge >= 0.3 is 0 Å². The first kappa shape index (κ1) is 13.7. The average Bonchev–Trinajstić information content (AvgIpc) is 2.82. The molecule has 2 rings (SSSR count). The number of nitrogens with one attached hydrogen (secondary N) is 1. The molecule has 0 spiro atoms. The fourth-order valence-electron chi connectivity index (χ4n) is 1.66. The third-order valence-corrected chi connectivity index (χ3v) is 2.55. The van der Waals surface area contributed by atoms with Crippen LogP contribution in [0.3, 0.4) is 0 Å². The smallest absolute Gasteiger partial charge is 0.0622 e. The Bertz CT molecular complexity index is 357. The van der Waals surface area contributed by atoms with E-state index in [4.69, 9.17) is 5.11 Å². The Kier molecular flexibility index (Phi) is 5.73. The van der Waals surface area contributed by atoms with Gasteiger partial charge in [-0.15, -0.1) is 0 Å². The van der Waals surface area contributed by atoms with Gasteiger partial charge in [0, 0.05) is 12.7 Å². The molecule has 2 N–H and O–H groups in total. The average molecular weight is 234 g/mol. The highest BCUT2D eigenvalue weighted by Gasteiger charge is 2.11. The Morgan fingerprint density at radius 2 is 1.88 bits per heavy atom. The predicted molar refractivity (Wildman–Crippen MR) is 72.3 cm³/mol. The van der Waals surface area contributed by atoms with E-state index in [1.54, 1.807) is 0 Å². The molecule has 1 heterocycles.